The molecule has 190 valence electrons. The molecular formula is C26H34N2O7. The van der Waals surface area contributed by atoms with Gasteiger partial charge >= 0.3 is 0 Å². The molecule has 1 rings (SSSR count). The largest absolute Gasteiger partial charge is 0.380 e. The lowest BCUT2D eigenvalue weighted by Crippen LogP contribution is -2.42. The van der Waals surface area contributed by atoms with Gasteiger partial charge in [0.15, 0.2) is 0 Å². The van der Waals surface area contributed by atoms with Crippen molar-refractivity contribution >= 4 is 17.7 Å². The van der Waals surface area contributed by atoms with Crippen LogP contribution in [0.2, 0.25) is 0 Å². The molecule has 0 atom stereocenters. The van der Waals surface area contributed by atoms with E-state index in [1.807, 2.05) is 0 Å². The van der Waals surface area contributed by atoms with Gasteiger partial charge in [-0.15, -0.1) is 37.0 Å². The number of nitrogens with one attached hydrogen (secondary N) is 1. The molecular weight excluding hydrogens is 452 g/mol. The monoisotopic (exact) mass is 486 g/mol. The van der Waals surface area contributed by atoms with Crippen LogP contribution in [0.5, 0.6) is 0 Å². The molecule has 0 fully saturated rings. The highest BCUT2D eigenvalue weighted by atomic mass is 16.5. The summed E-state index contributed by atoms with van der Waals surface area (Å²) >= 11 is 0. The van der Waals surface area contributed by atoms with Crippen LogP contribution >= 0.6 is 0 Å². The van der Waals surface area contributed by atoms with Gasteiger partial charge in [0.1, 0.15) is 0 Å². The molecule has 1 aliphatic rings. The van der Waals surface area contributed by atoms with E-state index in [4.69, 9.17) is 38.2 Å². The zero-order chi connectivity index (χ0) is 25.8. The lowest BCUT2D eigenvalue weighted by molar-refractivity contribution is -0.137. The number of ether oxygens (including phenoxy) is 4. The molecule has 0 saturated carbocycles. The van der Waals surface area contributed by atoms with E-state index < -0.39 is 17.2 Å². The maximum absolute atomic E-state index is 12.0. The van der Waals surface area contributed by atoms with Crippen LogP contribution in [-0.2, 0) is 33.3 Å². The highest BCUT2D eigenvalue weighted by Crippen LogP contribution is 2.21. The Balaban J connectivity index is 2.52. The fourth-order valence-electron chi connectivity index (χ4n) is 3.01. The number of nitrogens with zero attached hydrogens (tertiary/aromatic N) is 1. The minimum atomic E-state index is -0.620. The predicted molar refractivity (Wildman–Crippen MR) is 130 cm³/mol. The first kappa shape index (κ1) is 29.9. The van der Waals surface area contributed by atoms with E-state index in [0.29, 0.717) is 58.9 Å². The number of imide groups is 1. The average molecular weight is 487 g/mol. The first-order valence-corrected chi connectivity index (χ1v) is 11.4. The summed E-state index contributed by atoms with van der Waals surface area (Å²) < 4.78 is 23.1. The Kier molecular flexibility index (Phi) is 15.6. The molecule has 0 saturated heterocycles. The van der Waals surface area contributed by atoms with E-state index in [1.54, 1.807) is 0 Å². The molecule has 1 heterocycles. The maximum atomic E-state index is 12.0. The zero-order valence-corrected chi connectivity index (χ0v) is 20.1. The molecule has 9 heteroatoms. The Bertz CT molecular complexity index is 759. The quantitative estimate of drug-likeness (QED) is 0.152. The van der Waals surface area contributed by atoms with Crippen LogP contribution in [0.15, 0.2) is 12.2 Å². The molecule has 0 aromatic carbocycles. The zero-order valence-electron chi connectivity index (χ0n) is 20.1. The number of carbonyl (C=O) groups excluding carboxylic acids is 3. The second-order valence-corrected chi connectivity index (χ2v) is 7.83. The second kappa shape index (κ2) is 18.2. The summed E-state index contributed by atoms with van der Waals surface area (Å²) in [6, 6.07) is 0. The minimum absolute atomic E-state index is 0.0121. The van der Waals surface area contributed by atoms with Crippen molar-refractivity contribution in [1.29, 1.82) is 0 Å². The Morgan fingerprint density at radius 3 is 1.66 bits per heavy atom. The van der Waals surface area contributed by atoms with Crippen LogP contribution in [0.4, 0.5) is 0 Å². The molecule has 0 aliphatic carbocycles. The van der Waals surface area contributed by atoms with E-state index in [-0.39, 0.29) is 38.6 Å². The SMILES string of the molecule is C#CCCOCC(COCCC#C)(COCCC#C)COCCNC(=O)CCN1C(=O)C=CC1=O. The minimum Gasteiger partial charge on any atom is -0.380 e. The molecule has 1 aliphatic heterocycles. The Morgan fingerprint density at radius 1 is 0.800 bits per heavy atom. The van der Waals surface area contributed by atoms with Gasteiger partial charge in [-0.2, -0.15) is 0 Å². The standard InChI is InChI=1S/C26H34N2O7/c1-4-7-15-32-19-26(20-33-16-8-5-2,21-34-17-9-6-3)22-35-18-13-27-23(29)12-14-28-24(30)10-11-25(28)31/h1-3,10-11H,7-9,12-22H2,(H,27,29). The summed E-state index contributed by atoms with van der Waals surface area (Å²) in [6.45, 7) is 2.80. The first-order valence-electron chi connectivity index (χ1n) is 11.4. The molecule has 0 aromatic rings. The third-order valence-corrected chi connectivity index (χ3v) is 4.84. The van der Waals surface area contributed by atoms with Crippen LogP contribution < -0.4 is 5.32 Å². The van der Waals surface area contributed by atoms with Crippen LogP contribution in [0.25, 0.3) is 0 Å². The second-order valence-electron chi connectivity index (χ2n) is 7.83. The molecule has 0 aromatic heterocycles. The van der Waals surface area contributed by atoms with Crippen LogP contribution in [0.3, 0.4) is 0 Å². The highest BCUT2D eigenvalue weighted by Gasteiger charge is 2.32. The fourth-order valence-corrected chi connectivity index (χ4v) is 3.01. The molecule has 3 amide bonds. The van der Waals surface area contributed by atoms with Crippen molar-refractivity contribution in [3.05, 3.63) is 12.2 Å². The van der Waals surface area contributed by atoms with Gasteiger partial charge < -0.3 is 24.3 Å². The number of terminal acetylenes is 3. The molecule has 9 nitrogen and oxygen atoms in total. The van der Waals surface area contributed by atoms with Crippen molar-refractivity contribution in [2.24, 2.45) is 5.41 Å². The van der Waals surface area contributed by atoms with Gasteiger partial charge in [-0.05, 0) is 0 Å². The smallest absolute Gasteiger partial charge is 0.253 e. The first-order chi connectivity index (χ1) is 17.0. The Labute approximate surface area is 207 Å². The normalized spacial score (nSPS) is 12.9. The van der Waals surface area contributed by atoms with E-state index in [9.17, 15) is 14.4 Å². The predicted octanol–water partition coefficient (Wildman–Crippen LogP) is 0.540. The fraction of sp³-hybridized carbons (Fsp3) is 0.577. The molecule has 0 spiro atoms. The lowest BCUT2D eigenvalue weighted by atomic mass is 9.92. The van der Waals surface area contributed by atoms with Crippen LogP contribution in [0.1, 0.15) is 25.7 Å². The number of amides is 3. The summed E-state index contributed by atoms with van der Waals surface area (Å²) in [4.78, 5) is 36.1. The number of hydrogen-bond acceptors (Lipinski definition) is 7. The van der Waals surface area contributed by atoms with Crippen molar-refractivity contribution in [3.63, 3.8) is 0 Å². The average Bonchev–Trinajstić information content (AvgIpc) is 3.17. The molecule has 1 N–H and O–H groups in total. The van der Waals surface area contributed by atoms with Gasteiger partial charge in [-0.1, -0.05) is 0 Å². The number of rotatable bonds is 20. The lowest BCUT2D eigenvalue weighted by Gasteiger charge is -2.33. The summed E-state index contributed by atoms with van der Waals surface area (Å²) in [5, 5.41) is 2.71. The van der Waals surface area contributed by atoms with E-state index in [0.717, 1.165) is 4.90 Å². The summed E-state index contributed by atoms with van der Waals surface area (Å²) in [7, 11) is 0. The van der Waals surface area contributed by atoms with Crippen LogP contribution in [0, 0.1) is 42.4 Å². The van der Waals surface area contributed by atoms with Crippen LogP contribution in [-0.4, -0.2) is 88.6 Å². The summed E-state index contributed by atoms with van der Waals surface area (Å²) in [5.74, 6) is 6.47. The Hall–Kier alpha value is -3.13. The van der Waals surface area contributed by atoms with Crippen molar-refractivity contribution in [1.82, 2.24) is 10.2 Å². The topological polar surface area (TPSA) is 103 Å². The summed E-state index contributed by atoms with van der Waals surface area (Å²) in [6.07, 6.45) is 19.7. The highest BCUT2D eigenvalue weighted by molar-refractivity contribution is 6.13. The number of hydrogen-bond donors (Lipinski definition) is 1. The van der Waals surface area contributed by atoms with Gasteiger partial charge in [0.2, 0.25) is 5.91 Å². The van der Waals surface area contributed by atoms with E-state index in [2.05, 4.69) is 23.1 Å². The van der Waals surface area contributed by atoms with Gasteiger partial charge in [0, 0.05) is 50.9 Å². The van der Waals surface area contributed by atoms with Gasteiger partial charge in [-0.25, -0.2) is 0 Å². The van der Waals surface area contributed by atoms with Crippen molar-refractivity contribution in [2.75, 3.05) is 65.9 Å². The van der Waals surface area contributed by atoms with Gasteiger partial charge in [-0.3, -0.25) is 19.3 Å². The third-order valence-electron chi connectivity index (χ3n) is 4.84. The maximum Gasteiger partial charge on any atom is 0.253 e. The summed E-state index contributed by atoms with van der Waals surface area (Å²) in [5.41, 5.74) is -0.620. The van der Waals surface area contributed by atoms with Crippen molar-refractivity contribution in [2.45, 2.75) is 25.7 Å². The molecule has 0 unspecified atom stereocenters. The van der Waals surface area contributed by atoms with Gasteiger partial charge in [0.05, 0.1) is 58.3 Å². The third kappa shape index (κ3) is 12.8. The molecule has 35 heavy (non-hydrogen) atoms. The number of carbonyl (C=O) groups is 3. The van der Waals surface area contributed by atoms with Gasteiger partial charge in [0.25, 0.3) is 11.8 Å². The molecule has 0 radical (unpaired) electrons. The van der Waals surface area contributed by atoms with E-state index in [1.165, 1.54) is 12.2 Å². The van der Waals surface area contributed by atoms with E-state index >= 15 is 0 Å². The molecule has 0 bridgehead atoms. The Morgan fingerprint density at radius 2 is 1.23 bits per heavy atom. The van der Waals surface area contributed by atoms with Crippen molar-refractivity contribution < 1.29 is 33.3 Å². The van der Waals surface area contributed by atoms with Crippen molar-refractivity contribution in [3.8, 4) is 37.0 Å².